The van der Waals surface area contributed by atoms with Crippen LogP contribution in [0.4, 0.5) is 11.4 Å². The van der Waals surface area contributed by atoms with Crippen LogP contribution in [0.5, 0.6) is 0 Å². The summed E-state index contributed by atoms with van der Waals surface area (Å²) in [6.45, 7) is 2.78. The Morgan fingerprint density at radius 2 is 1.60 bits per heavy atom. The maximum Gasteiger partial charge on any atom is 0.206 e. The zero-order valence-corrected chi connectivity index (χ0v) is 11.9. The van der Waals surface area contributed by atoms with Gasteiger partial charge in [0, 0.05) is 6.54 Å². The molecule has 0 spiro atoms. The fourth-order valence-electron chi connectivity index (χ4n) is 2.84. The smallest absolute Gasteiger partial charge is 0.206 e. The van der Waals surface area contributed by atoms with Crippen LogP contribution in [0.25, 0.3) is 0 Å². The van der Waals surface area contributed by atoms with Crippen molar-refractivity contribution in [3.05, 3.63) is 60.2 Å². The summed E-state index contributed by atoms with van der Waals surface area (Å²) in [5.41, 5.74) is 3.87. The Labute approximate surface area is 125 Å². The van der Waals surface area contributed by atoms with Crippen molar-refractivity contribution in [3.63, 3.8) is 0 Å². The minimum Gasteiger partial charge on any atom is -0.308 e. The predicted octanol–water partition coefficient (Wildman–Crippen LogP) is 3.30. The normalized spacial score (nSPS) is 15.5. The van der Waals surface area contributed by atoms with Gasteiger partial charge in [-0.1, -0.05) is 42.5 Å². The number of hydrogen-bond acceptors (Lipinski definition) is 3. The summed E-state index contributed by atoms with van der Waals surface area (Å²) in [6.07, 6.45) is 0. The third-order valence-corrected chi connectivity index (χ3v) is 3.71. The Morgan fingerprint density at radius 1 is 0.900 bits per heavy atom. The summed E-state index contributed by atoms with van der Waals surface area (Å²) in [7, 11) is 0. The van der Waals surface area contributed by atoms with E-state index in [1.165, 1.54) is 16.9 Å². The topological polar surface area (TPSA) is 18.8 Å². The van der Waals surface area contributed by atoms with E-state index in [4.69, 9.17) is 0 Å². The van der Waals surface area contributed by atoms with Crippen LogP contribution in [0, 0.1) is 0 Å². The number of guanidine groups is 1. The molecule has 0 aromatic heterocycles. The Morgan fingerprint density at radius 3 is 2.40 bits per heavy atom. The molecule has 2 aromatic rings. The number of hydrogen-bond donors (Lipinski definition) is 0. The Kier molecular flexibility index (Phi) is 3.36. The molecule has 2 aromatic carbocycles. The summed E-state index contributed by atoms with van der Waals surface area (Å²) in [5.74, 6) is 1.10. The first kappa shape index (κ1) is 13.0. The van der Waals surface area contributed by atoms with Gasteiger partial charge in [-0.3, -0.25) is 4.99 Å². The van der Waals surface area contributed by atoms with Crippen LogP contribution in [0.15, 0.2) is 59.6 Å². The number of fused-ring (bicyclic) bond motifs is 3. The molecule has 0 saturated carbocycles. The molecule has 0 N–H and O–H groups in total. The van der Waals surface area contributed by atoms with E-state index >= 15 is 0 Å². The summed E-state index contributed by atoms with van der Waals surface area (Å²) >= 11 is 0. The van der Waals surface area contributed by atoms with E-state index in [0.717, 1.165) is 25.6 Å². The first-order valence-corrected chi connectivity index (χ1v) is 6.66. The molecule has 0 saturated heterocycles. The Hall–Kier alpha value is -2.00. The van der Waals surface area contributed by atoms with Crippen LogP contribution < -0.4 is 9.80 Å². The van der Waals surface area contributed by atoms with Crippen molar-refractivity contribution in [2.24, 2.45) is 4.99 Å². The number of nitrogens with zero attached hydrogens (tertiary/aromatic N) is 3. The molecular formula is C16H16ClN3. The molecule has 20 heavy (non-hydrogen) atoms. The third kappa shape index (κ3) is 1.95. The predicted molar refractivity (Wildman–Crippen MR) is 86.0 cm³/mol. The van der Waals surface area contributed by atoms with Crippen molar-refractivity contribution < 1.29 is 0 Å². The van der Waals surface area contributed by atoms with Crippen LogP contribution in [-0.4, -0.2) is 19.0 Å². The van der Waals surface area contributed by atoms with Crippen molar-refractivity contribution in [3.8, 4) is 0 Å². The van der Waals surface area contributed by atoms with Crippen molar-refractivity contribution in [1.82, 2.24) is 0 Å². The van der Waals surface area contributed by atoms with E-state index in [9.17, 15) is 0 Å². The second-order valence-electron chi connectivity index (χ2n) is 4.89. The van der Waals surface area contributed by atoms with Gasteiger partial charge in [0.2, 0.25) is 5.96 Å². The molecule has 4 rings (SSSR count). The van der Waals surface area contributed by atoms with Gasteiger partial charge in [0.05, 0.1) is 24.5 Å². The first-order valence-electron chi connectivity index (χ1n) is 6.66. The fraction of sp³-hybridized carbons (Fsp3) is 0.188. The summed E-state index contributed by atoms with van der Waals surface area (Å²) < 4.78 is 0. The van der Waals surface area contributed by atoms with Crippen LogP contribution in [0.3, 0.4) is 0 Å². The molecule has 4 heteroatoms. The van der Waals surface area contributed by atoms with E-state index in [1.54, 1.807) is 0 Å². The van der Waals surface area contributed by atoms with Gasteiger partial charge in [0.1, 0.15) is 0 Å². The lowest BCUT2D eigenvalue weighted by atomic mass is 10.2. The zero-order chi connectivity index (χ0) is 12.7. The molecule has 0 unspecified atom stereocenters. The molecule has 0 aliphatic carbocycles. The number of benzene rings is 2. The second kappa shape index (κ2) is 5.17. The van der Waals surface area contributed by atoms with Gasteiger partial charge >= 0.3 is 0 Å². The average molecular weight is 286 g/mol. The van der Waals surface area contributed by atoms with Gasteiger partial charge in [0.15, 0.2) is 0 Å². The van der Waals surface area contributed by atoms with Gasteiger partial charge in [-0.25, -0.2) is 0 Å². The van der Waals surface area contributed by atoms with Crippen molar-refractivity contribution in [1.29, 1.82) is 0 Å². The fourth-order valence-corrected chi connectivity index (χ4v) is 2.84. The van der Waals surface area contributed by atoms with Gasteiger partial charge < -0.3 is 9.80 Å². The lowest BCUT2D eigenvalue weighted by molar-refractivity contribution is 1.01. The molecule has 102 valence electrons. The maximum atomic E-state index is 4.66. The van der Waals surface area contributed by atoms with Crippen LogP contribution in [0.2, 0.25) is 0 Å². The highest BCUT2D eigenvalue weighted by Crippen LogP contribution is 2.39. The van der Waals surface area contributed by atoms with E-state index in [2.05, 4.69) is 69.4 Å². The van der Waals surface area contributed by atoms with Crippen molar-refractivity contribution in [2.75, 3.05) is 22.9 Å². The second-order valence-corrected chi connectivity index (χ2v) is 4.89. The van der Waals surface area contributed by atoms with Crippen LogP contribution in [-0.2, 0) is 6.54 Å². The minimum absolute atomic E-state index is 0. The number of anilines is 2. The highest BCUT2D eigenvalue weighted by Gasteiger charge is 2.34. The Bertz CT molecular complexity index is 639. The molecule has 2 heterocycles. The molecule has 2 aliphatic heterocycles. The molecule has 0 fully saturated rings. The molecule has 0 bridgehead atoms. The SMILES string of the molecule is Cl.c1ccc(CN2C3=NCCN3c3ccccc32)cc1. The number of aliphatic imine (C=N–C) groups is 1. The minimum atomic E-state index is 0. The van der Waals surface area contributed by atoms with E-state index < -0.39 is 0 Å². The molecule has 0 radical (unpaired) electrons. The van der Waals surface area contributed by atoms with Crippen molar-refractivity contribution >= 4 is 29.7 Å². The first-order chi connectivity index (χ1) is 9.43. The van der Waals surface area contributed by atoms with Gasteiger partial charge in [0.25, 0.3) is 0 Å². The summed E-state index contributed by atoms with van der Waals surface area (Å²) in [6, 6.07) is 19.1. The number of rotatable bonds is 2. The summed E-state index contributed by atoms with van der Waals surface area (Å²) in [5, 5.41) is 0. The Balaban J connectivity index is 0.00000121. The largest absolute Gasteiger partial charge is 0.308 e. The highest BCUT2D eigenvalue weighted by atomic mass is 35.5. The summed E-state index contributed by atoms with van der Waals surface area (Å²) in [4.78, 5) is 9.29. The third-order valence-electron chi connectivity index (χ3n) is 3.71. The van der Waals surface area contributed by atoms with E-state index in [1.807, 2.05) is 0 Å². The number of para-hydroxylation sites is 2. The lowest BCUT2D eigenvalue weighted by Gasteiger charge is -2.19. The average Bonchev–Trinajstić information content (AvgIpc) is 3.04. The van der Waals surface area contributed by atoms with Gasteiger partial charge in [-0.05, 0) is 17.7 Å². The molecule has 0 amide bonds. The monoisotopic (exact) mass is 285 g/mol. The molecule has 0 atom stereocenters. The molecule has 2 aliphatic rings. The number of halogens is 1. The molecular weight excluding hydrogens is 270 g/mol. The van der Waals surface area contributed by atoms with E-state index in [0.29, 0.717) is 0 Å². The van der Waals surface area contributed by atoms with Gasteiger partial charge in [-0.15, -0.1) is 12.4 Å². The molecule has 3 nitrogen and oxygen atoms in total. The standard InChI is InChI=1S/C16H15N3.ClH/c1-2-6-13(7-3-1)12-19-15-9-5-4-8-14(15)18-11-10-17-16(18)19;/h1-9H,10-12H2;1H. The van der Waals surface area contributed by atoms with E-state index in [-0.39, 0.29) is 12.4 Å². The lowest BCUT2D eigenvalue weighted by Crippen LogP contribution is -2.34. The maximum absolute atomic E-state index is 4.66. The highest BCUT2D eigenvalue weighted by molar-refractivity contribution is 6.16. The van der Waals surface area contributed by atoms with Crippen molar-refractivity contribution in [2.45, 2.75) is 6.54 Å². The van der Waals surface area contributed by atoms with Crippen LogP contribution in [0.1, 0.15) is 5.56 Å². The van der Waals surface area contributed by atoms with Gasteiger partial charge in [-0.2, -0.15) is 0 Å². The van der Waals surface area contributed by atoms with Crippen LogP contribution >= 0.6 is 12.4 Å². The quantitative estimate of drug-likeness (QED) is 0.843. The zero-order valence-electron chi connectivity index (χ0n) is 11.1.